The SMILES string of the molecule is CCC(=O)Nc1cccc(Cl)c1NC. The van der Waals surface area contributed by atoms with E-state index in [1.54, 1.807) is 26.1 Å². The lowest BCUT2D eigenvalue weighted by molar-refractivity contribution is -0.115. The summed E-state index contributed by atoms with van der Waals surface area (Å²) >= 11 is 5.94. The molecule has 0 aromatic heterocycles. The van der Waals surface area contributed by atoms with Crippen LogP contribution in [-0.4, -0.2) is 13.0 Å². The Hall–Kier alpha value is -1.22. The number of halogens is 1. The minimum atomic E-state index is -0.0243. The third-order valence-corrected chi connectivity index (χ3v) is 2.17. The first kappa shape index (κ1) is 10.9. The molecule has 3 nitrogen and oxygen atoms in total. The van der Waals surface area contributed by atoms with Gasteiger partial charge < -0.3 is 10.6 Å². The van der Waals surface area contributed by atoms with Crippen molar-refractivity contribution in [1.82, 2.24) is 0 Å². The normalized spacial score (nSPS) is 9.64. The minimum absolute atomic E-state index is 0.0243. The van der Waals surface area contributed by atoms with Crippen LogP contribution >= 0.6 is 11.6 Å². The molecule has 1 aromatic carbocycles. The summed E-state index contributed by atoms with van der Waals surface area (Å²) in [6, 6.07) is 5.38. The molecule has 1 amide bonds. The van der Waals surface area contributed by atoms with Crippen molar-refractivity contribution in [3.63, 3.8) is 0 Å². The highest BCUT2D eigenvalue weighted by molar-refractivity contribution is 6.34. The number of amides is 1. The number of nitrogens with one attached hydrogen (secondary N) is 2. The van der Waals surface area contributed by atoms with Gasteiger partial charge in [0.05, 0.1) is 16.4 Å². The highest BCUT2D eigenvalue weighted by atomic mass is 35.5. The van der Waals surface area contributed by atoms with Gasteiger partial charge in [-0.1, -0.05) is 24.6 Å². The van der Waals surface area contributed by atoms with Crippen molar-refractivity contribution in [2.24, 2.45) is 0 Å². The Kier molecular flexibility index (Phi) is 3.77. The molecule has 76 valence electrons. The number of hydrogen-bond acceptors (Lipinski definition) is 2. The number of carbonyl (C=O) groups is 1. The Morgan fingerprint density at radius 2 is 2.21 bits per heavy atom. The van der Waals surface area contributed by atoms with E-state index in [4.69, 9.17) is 11.6 Å². The molecule has 0 unspecified atom stereocenters. The molecule has 0 aliphatic heterocycles. The van der Waals surface area contributed by atoms with Crippen molar-refractivity contribution in [3.8, 4) is 0 Å². The molecule has 0 fully saturated rings. The van der Waals surface area contributed by atoms with Gasteiger partial charge in [-0.25, -0.2) is 0 Å². The average Bonchev–Trinajstić information content (AvgIpc) is 2.18. The lowest BCUT2D eigenvalue weighted by Crippen LogP contribution is -2.11. The van der Waals surface area contributed by atoms with E-state index in [-0.39, 0.29) is 5.91 Å². The zero-order chi connectivity index (χ0) is 10.6. The first-order valence-corrected chi connectivity index (χ1v) is 4.83. The summed E-state index contributed by atoms with van der Waals surface area (Å²) in [5.74, 6) is -0.0243. The van der Waals surface area contributed by atoms with E-state index in [2.05, 4.69) is 10.6 Å². The lowest BCUT2D eigenvalue weighted by atomic mass is 10.2. The van der Waals surface area contributed by atoms with Crippen LogP contribution in [0.5, 0.6) is 0 Å². The summed E-state index contributed by atoms with van der Waals surface area (Å²) in [6.07, 6.45) is 0.454. The van der Waals surface area contributed by atoms with Gasteiger partial charge in [-0.15, -0.1) is 0 Å². The van der Waals surface area contributed by atoms with E-state index in [0.717, 1.165) is 5.69 Å². The molecule has 0 radical (unpaired) electrons. The summed E-state index contributed by atoms with van der Waals surface area (Å²) in [4.78, 5) is 11.2. The van der Waals surface area contributed by atoms with Crippen LogP contribution in [0.4, 0.5) is 11.4 Å². The fourth-order valence-electron chi connectivity index (χ4n) is 1.12. The highest BCUT2D eigenvalue weighted by Gasteiger charge is 2.06. The van der Waals surface area contributed by atoms with Gasteiger partial charge in [0.1, 0.15) is 0 Å². The molecule has 2 N–H and O–H groups in total. The van der Waals surface area contributed by atoms with E-state index >= 15 is 0 Å². The second-order valence-electron chi connectivity index (χ2n) is 2.81. The second kappa shape index (κ2) is 4.86. The van der Waals surface area contributed by atoms with E-state index in [0.29, 0.717) is 17.1 Å². The fourth-order valence-corrected chi connectivity index (χ4v) is 1.39. The van der Waals surface area contributed by atoms with E-state index in [9.17, 15) is 4.79 Å². The van der Waals surface area contributed by atoms with Crippen LogP contribution in [0.3, 0.4) is 0 Å². The maximum Gasteiger partial charge on any atom is 0.224 e. The van der Waals surface area contributed by atoms with Crippen LogP contribution in [-0.2, 0) is 4.79 Å². The predicted molar refractivity (Wildman–Crippen MR) is 59.9 cm³/mol. The zero-order valence-corrected chi connectivity index (χ0v) is 8.98. The quantitative estimate of drug-likeness (QED) is 0.809. The van der Waals surface area contributed by atoms with E-state index in [1.165, 1.54) is 0 Å². The Balaban J connectivity index is 2.96. The standard InChI is InChI=1S/C10H13ClN2O/c1-3-9(14)13-8-6-4-5-7(11)10(8)12-2/h4-6,12H,3H2,1-2H3,(H,13,14). The fraction of sp³-hybridized carbons (Fsp3) is 0.300. The smallest absolute Gasteiger partial charge is 0.224 e. The third-order valence-electron chi connectivity index (χ3n) is 1.86. The van der Waals surface area contributed by atoms with Crippen molar-refractivity contribution >= 4 is 28.9 Å². The van der Waals surface area contributed by atoms with Crippen LogP contribution in [0.15, 0.2) is 18.2 Å². The Morgan fingerprint density at radius 3 is 2.79 bits per heavy atom. The average molecular weight is 213 g/mol. The van der Waals surface area contributed by atoms with Gasteiger partial charge in [0.2, 0.25) is 5.91 Å². The van der Waals surface area contributed by atoms with Gasteiger partial charge >= 0.3 is 0 Å². The lowest BCUT2D eigenvalue weighted by Gasteiger charge is -2.11. The summed E-state index contributed by atoms with van der Waals surface area (Å²) < 4.78 is 0. The number of anilines is 2. The maximum atomic E-state index is 11.2. The van der Waals surface area contributed by atoms with Gasteiger partial charge in [0, 0.05) is 13.5 Å². The largest absolute Gasteiger partial charge is 0.385 e. The molecule has 0 bridgehead atoms. The minimum Gasteiger partial charge on any atom is -0.385 e. The van der Waals surface area contributed by atoms with Crippen LogP contribution in [0, 0.1) is 0 Å². The highest BCUT2D eigenvalue weighted by Crippen LogP contribution is 2.29. The molecule has 0 atom stereocenters. The monoisotopic (exact) mass is 212 g/mol. The van der Waals surface area contributed by atoms with Crippen molar-refractivity contribution in [3.05, 3.63) is 23.2 Å². The van der Waals surface area contributed by atoms with Gasteiger partial charge in [-0.05, 0) is 12.1 Å². The number of hydrogen-bond donors (Lipinski definition) is 2. The molecule has 0 saturated carbocycles. The van der Waals surface area contributed by atoms with Crippen LogP contribution in [0.2, 0.25) is 5.02 Å². The maximum absolute atomic E-state index is 11.2. The summed E-state index contributed by atoms with van der Waals surface area (Å²) in [5.41, 5.74) is 1.46. The van der Waals surface area contributed by atoms with Crippen molar-refractivity contribution in [1.29, 1.82) is 0 Å². The molecule has 1 aromatic rings. The zero-order valence-electron chi connectivity index (χ0n) is 8.23. The molecular formula is C10H13ClN2O. The van der Waals surface area contributed by atoms with Crippen molar-refractivity contribution in [2.75, 3.05) is 17.7 Å². The van der Waals surface area contributed by atoms with Gasteiger partial charge in [0.25, 0.3) is 0 Å². The summed E-state index contributed by atoms with van der Waals surface area (Å²) in [7, 11) is 1.77. The molecule has 0 heterocycles. The van der Waals surface area contributed by atoms with Crippen LogP contribution < -0.4 is 10.6 Å². The molecular weight excluding hydrogens is 200 g/mol. The Morgan fingerprint density at radius 1 is 1.50 bits per heavy atom. The third kappa shape index (κ3) is 2.39. The first-order valence-electron chi connectivity index (χ1n) is 4.45. The molecule has 14 heavy (non-hydrogen) atoms. The van der Waals surface area contributed by atoms with Crippen LogP contribution in [0.1, 0.15) is 13.3 Å². The molecule has 0 aliphatic rings. The molecule has 0 saturated heterocycles. The van der Waals surface area contributed by atoms with Crippen molar-refractivity contribution in [2.45, 2.75) is 13.3 Å². The first-order chi connectivity index (χ1) is 6.69. The summed E-state index contributed by atoms with van der Waals surface area (Å²) in [5, 5.41) is 6.31. The number of carbonyl (C=O) groups excluding carboxylic acids is 1. The molecule has 1 rings (SSSR count). The number of benzene rings is 1. The Bertz CT molecular complexity index is 339. The number of para-hydroxylation sites is 1. The topological polar surface area (TPSA) is 41.1 Å². The van der Waals surface area contributed by atoms with Crippen molar-refractivity contribution < 1.29 is 4.79 Å². The van der Waals surface area contributed by atoms with Gasteiger partial charge in [-0.3, -0.25) is 4.79 Å². The van der Waals surface area contributed by atoms with Gasteiger partial charge in [0.15, 0.2) is 0 Å². The molecule has 0 aliphatic carbocycles. The van der Waals surface area contributed by atoms with Crippen LogP contribution in [0.25, 0.3) is 0 Å². The van der Waals surface area contributed by atoms with Gasteiger partial charge in [-0.2, -0.15) is 0 Å². The van der Waals surface area contributed by atoms with E-state index in [1.807, 2.05) is 6.07 Å². The van der Waals surface area contributed by atoms with E-state index < -0.39 is 0 Å². The Labute approximate surface area is 88.5 Å². The second-order valence-corrected chi connectivity index (χ2v) is 3.22. The molecule has 4 heteroatoms. The predicted octanol–water partition coefficient (Wildman–Crippen LogP) is 2.73. The molecule has 0 spiro atoms. The summed E-state index contributed by atoms with van der Waals surface area (Å²) in [6.45, 7) is 1.80. The number of rotatable bonds is 3.